The lowest BCUT2D eigenvalue weighted by molar-refractivity contribution is -0.123. The molecule has 2 amide bonds. The van der Waals surface area contributed by atoms with Gasteiger partial charge < -0.3 is 39.9 Å². The van der Waals surface area contributed by atoms with Crippen molar-refractivity contribution in [2.24, 2.45) is 28.5 Å². The first-order valence-electron chi connectivity index (χ1n) is 24.2. The molecule has 3 N–H and O–H groups in total. The number of nitrogens with two attached hydrogens (primary N) is 1. The lowest BCUT2D eigenvalue weighted by Gasteiger charge is -2.23. The zero-order valence-corrected chi connectivity index (χ0v) is 40.2. The number of benzene rings is 3. The molecule has 1 fully saturated rings. The maximum absolute atomic E-state index is 14.1. The van der Waals surface area contributed by atoms with E-state index >= 15 is 0 Å². The Hall–Kier alpha value is -6.34. The maximum atomic E-state index is 14.1. The molecule has 13 heteroatoms. The number of ether oxygens (including phenoxy) is 4. The molecular weight excluding hydrogens is 859 g/mol. The Kier molecular flexibility index (Phi) is 14.8. The number of ketones is 2. The van der Waals surface area contributed by atoms with Crippen molar-refractivity contribution < 1.29 is 38.1 Å². The third kappa shape index (κ3) is 10.5. The van der Waals surface area contributed by atoms with Gasteiger partial charge in [-0.15, -0.1) is 0 Å². The number of aliphatic imine (C=N–C) groups is 1. The summed E-state index contributed by atoms with van der Waals surface area (Å²) in [6.45, 7) is 8.47. The quantitative estimate of drug-likeness (QED) is 0.0635. The monoisotopic (exact) mass is 923 g/mol. The first kappa shape index (κ1) is 48.1. The number of methoxy groups -OCH3 is 2. The van der Waals surface area contributed by atoms with Crippen molar-refractivity contribution in [1.82, 2.24) is 9.80 Å². The molecule has 1 aliphatic carbocycles. The predicted octanol–water partition coefficient (Wildman–Crippen LogP) is 9.78. The Morgan fingerprint density at radius 2 is 1.49 bits per heavy atom. The van der Waals surface area contributed by atoms with E-state index in [9.17, 15) is 19.2 Å². The van der Waals surface area contributed by atoms with Gasteiger partial charge in [0.15, 0.2) is 23.0 Å². The highest BCUT2D eigenvalue weighted by atomic mass is 16.5. The summed E-state index contributed by atoms with van der Waals surface area (Å²) in [5, 5.41) is 8.65. The molecule has 358 valence electrons. The smallest absolute Gasteiger partial charge is 0.260 e. The number of hydrogen-bond acceptors (Lipinski definition) is 11. The summed E-state index contributed by atoms with van der Waals surface area (Å²) in [6.07, 6.45) is 16.9. The van der Waals surface area contributed by atoms with Crippen molar-refractivity contribution in [3.8, 4) is 23.0 Å². The van der Waals surface area contributed by atoms with Crippen LogP contribution in [0, 0.1) is 23.2 Å². The van der Waals surface area contributed by atoms with Crippen LogP contribution in [0.4, 0.5) is 5.69 Å². The highest BCUT2D eigenvalue weighted by molar-refractivity contribution is 6.10. The van der Waals surface area contributed by atoms with Gasteiger partial charge in [-0.3, -0.25) is 24.2 Å². The van der Waals surface area contributed by atoms with Crippen LogP contribution < -0.4 is 24.7 Å². The van der Waals surface area contributed by atoms with Crippen molar-refractivity contribution in [1.29, 1.82) is 5.41 Å². The van der Waals surface area contributed by atoms with Crippen LogP contribution in [-0.4, -0.2) is 90.7 Å². The number of amides is 2. The van der Waals surface area contributed by atoms with Crippen molar-refractivity contribution in [3.05, 3.63) is 106 Å². The number of nitrogens with zero attached hydrogens (tertiary/aromatic N) is 3. The van der Waals surface area contributed by atoms with Crippen molar-refractivity contribution in [3.63, 3.8) is 0 Å². The van der Waals surface area contributed by atoms with Crippen molar-refractivity contribution in [2.45, 2.75) is 116 Å². The number of allylic oxidation sites excluding steroid dienone is 1. The van der Waals surface area contributed by atoms with Crippen LogP contribution in [0.5, 0.6) is 23.0 Å². The molecule has 4 aliphatic heterocycles. The molecular formula is C55H65N5O8. The Labute approximate surface area is 399 Å². The van der Waals surface area contributed by atoms with Crippen molar-refractivity contribution >= 4 is 46.6 Å². The summed E-state index contributed by atoms with van der Waals surface area (Å²) >= 11 is 0. The highest BCUT2D eigenvalue weighted by Crippen LogP contribution is 2.45. The zero-order valence-electron chi connectivity index (χ0n) is 40.2. The minimum atomic E-state index is -0.481. The second-order valence-electron chi connectivity index (χ2n) is 19.3. The summed E-state index contributed by atoms with van der Waals surface area (Å²) in [4.78, 5) is 61.7. The van der Waals surface area contributed by atoms with Gasteiger partial charge in [0.2, 0.25) is 0 Å². The highest BCUT2D eigenvalue weighted by Gasteiger charge is 2.38. The van der Waals surface area contributed by atoms with Gasteiger partial charge in [-0.05, 0) is 102 Å². The van der Waals surface area contributed by atoms with E-state index in [1.165, 1.54) is 25.5 Å². The maximum Gasteiger partial charge on any atom is 0.260 e. The fourth-order valence-electron chi connectivity index (χ4n) is 9.52. The molecule has 3 aromatic rings. The topological polar surface area (TPSA) is 174 Å². The molecule has 0 bridgehead atoms. The van der Waals surface area contributed by atoms with E-state index in [0.29, 0.717) is 96.6 Å². The SMILES string of the molecule is COc1cc2c(cc1OCCCOc1cc3c(cc1OC)C(=O)N1C=C(C4CC4)CC1C=CCC3C)N=CC1CC(c3ccc(C(=N)CC(=O)C(C)CCCC(=O)C(N)C(C)C)cc3)=CN1C2=O. The molecule has 0 spiro atoms. The van der Waals surface area contributed by atoms with Crippen LogP contribution in [0.3, 0.4) is 0 Å². The fraction of sp³-hybridized carbons (Fsp3) is 0.455. The molecule has 13 nitrogen and oxygen atoms in total. The number of hydrogen-bond donors (Lipinski definition) is 2. The number of fused-ring (bicyclic) bond motifs is 4. The van der Waals surface area contributed by atoms with Crippen LogP contribution in [0.25, 0.3) is 5.57 Å². The van der Waals surface area contributed by atoms with E-state index in [0.717, 1.165) is 29.5 Å². The van der Waals surface area contributed by atoms with E-state index in [-0.39, 0.29) is 65.4 Å². The number of Topliss-reactive ketones (excluding diaryl/α,β-unsaturated/α-hetero) is 2. The third-order valence-corrected chi connectivity index (χ3v) is 14.1. The lowest BCUT2D eigenvalue weighted by Crippen LogP contribution is -2.35. The first-order valence-corrected chi connectivity index (χ1v) is 24.2. The van der Waals surface area contributed by atoms with E-state index in [1.54, 1.807) is 30.4 Å². The number of carbonyl (C=O) groups excluding carboxylic acids is 4. The molecule has 68 heavy (non-hydrogen) atoms. The average Bonchev–Trinajstić information content (AvgIpc) is 3.99. The van der Waals surface area contributed by atoms with E-state index < -0.39 is 6.04 Å². The third-order valence-electron chi connectivity index (χ3n) is 14.1. The summed E-state index contributed by atoms with van der Waals surface area (Å²) in [6, 6.07) is 14.0. The normalized spacial score (nSPS) is 20.4. The Morgan fingerprint density at radius 3 is 2.16 bits per heavy atom. The van der Waals surface area contributed by atoms with E-state index in [1.807, 2.05) is 68.3 Å². The molecule has 1 saturated carbocycles. The summed E-state index contributed by atoms with van der Waals surface area (Å²) in [5.41, 5.74) is 12.6. The van der Waals surface area contributed by atoms with Gasteiger partial charge in [-0.2, -0.15) is 0 Å². The zero-order chi connectivity index (χ0) is 48.2. The minimum absolute atomic E-state index is 0.00884. The van der Waals surface area contributed by atoms with Crippen LogP contribution in [0.15, 0.2) is 83.6 Å². The minimum Gasteiger partial charge on any atom is -0.493 e. The van der Waals surface area contributed by atoms with E-state index in [4.69, 9.17) is 35.1 Å². The van der Waals surface area contributed by atoms with Gasteiger partial charge in [-0.25, -0.2) is 0 Å². The summed E-state index contributed by atoms with van der Waals surface area (Å²) in [7, 11) is 3.13. The molecule has 0 saturated heterocycles. The predicted molar refractivity (Wildman–Crippen MR) is 264 cm³/mol. The van der Waals surface area contributed by atoms with Gasteiger partial charge in [0.05, 0.1) is 56.8 Å². The Balaban J connectivity index is 0.854. The van der Waals surface area contributed by atoms with Gasteiger partial charge in [0, 0.05) is 67.6 Å². The molecule has 5 atom stereocenters. The Morgan fingerprint density at radius 1 is 0.824 bits per heavy atom. The fourth-order valence-corrected chi connectivity index (χ4v) is 9.52. The molecule has 3 aromatic carbocycles. The second-order valence-corrected chi connectivity index (χ2v) is 19.3. The molecule has 5 unspecified atom stereocenters. The van der Waals surface area contributed by atoms with Crippen molar-refractivity contribution in [2.75, 3.05) is 27.4 Å². The lowest BCUT2D eigenvalue weighted by atomic mass is 9.91. The standard InChI is InChI=1S/C55H65N5O8/c1-32(2)53(57)47(61)13-8-11-34(4)48(62)27-45(56)37-18-16-36(17-19-37)39-23-41-29-58-46-28-52(50(66-6)26-44(46)55(64)60(41)31-39)68-21-9-20-67-51-24-42-33(3)10-7-12-40-22-38(35-14-15-35)30-59(40)54(63)43(42)25-49(51)65-5/h7,12,16-19,24-26,28-35,40-41,53,56H,8-11,13-15,20-23,27,57H2,1-6H3. The van der Waals surface area contributed by atoms with Gasteiger partial charge in [-0.1, -0.05) is 64.1 Å². The molecule has 5 aliphatic rings. The number of rotatable bonds is 20. The second kappa shape index (κ2) is 20.9. The number of carbonyl (C=O) groups is 4. The van der Waals surface area contributed by atoms with Crippen LogP contribution in [0.2, 0.25) is 0 Å². The van der Waals surface area contributed by atoms with Gasteiger partial charge >= 0.3 is 0 Å². The molecule has 0 radical (unpaired) electrons. The molecule has 4 heterocycles. The summed E-state index contributed by atoms with van der Waals surface area (Å²) in [5.74, 6) is 2.28. The number of nitrogens with one attached hydrogen (secondary N) is 1. The summed E-state index contributed by atoms with van der Waals surface area (Å²) < 4.78 is 24.0. The van der Waals surface area contributed by atoms with Crippen LogP contribution in [0.1, 0.15) is 135 Å². The Bertz CT molecular complexity index is 2570. The molecule has 0 aromatic heterocycles. The molecule has 8 rings (SSSR count). The first-order chi connectivity index (χ1) is 32.7. The largest absolute Gasteiger partial charge is 0.493 e. The van der Waals surface area contributed by atoms with Crippen LogP contribution >= 0.6 is 0 Å². The van der Waals surface area contributed by atoms with E-state index in [2.05, 4.69) is 25.3 Å². The average molecular weight is 924 g/mol. The van der Waals surface area contributed by atoms with Crippen LogP contribution in [-0.2, 0) is 9.59 Å². The van der Waals surface area contributed by atoms with Gasteiger partial charge in [0.1, 0.15) is 11.6 Å². The van der Waals surface area contributed by atoms with Gasteiger partial charge in [0.25, 0.3) is 11.8 Å².